The molecule has 0 aromatic carbocycles. The Hall–Kier alpha value is -1.10. The van der Waals surface area contributed by atoms with Crippen molar-refractivity contribution < 1.29 is 24.2 Å². The average Bonchev–Trinajstić information content (AvgIpc) is 2.96. The normalized spacial score (nSPS) is 12.0. The molecule has 1 N–H and O–H groups in total. The van der Waals surface area contributed by atoms with Crippen LogP contribution < -0.4 is 0 Å². The number of rotatable bonds is 32. The lowest BCUT2D eigenvalue weighted by molar-refractivity contribution is -0.161. The van der Waals surface area contributed by atoms with Gasteiger partial charge in [0.25, 0.3) is 0 Å². The minimum atomic E-state index is -0.759. The van der Waals surface area contributed by atoms with Gasteiger partial charge in [-0.05, 0) is 12.8 Å². The van der Waals surface area contributed by atoms with Crippen molar-refractivity contribution in [1.29, 1.82) is 0 Å². The standard InChI is InChI=1S/C35H68O5/c1-3-5-7-9-11-13-15-16-17-18-20-22-24-26-28-30-35(38)40-33(31-36)32-39-34(37)29-27-25-23-21-19-14-12-10-8-6-4-2/h33,36H,3-32H2,1-2H3. The molecule has 5 heteroatoms. The Morgan fingerprint density at radius 1 is 0.475 bits per heavy atom. The minimum Gasteiger partial charge on any atom is -0.462 e. The second kappa shape index (κ2) is 32.4. The summed E-state index contributed by atoms with van der Waals surface area (Å²) in [4.78, 5) is 24.1. The highest BCUT2D eigenvalue weighted by Crippen LogP contribution is 2.15. The molecule has 0 aliphatic heterocycles. The van der Waals surface area contributed by atoms with Crippen LogP contribution in [-0.2, 0) is 19.1 Å². The van der Waals surface area contributed by atoms with Gasteiger partial charge in [0.05, 0.1) is 6.61 Å². The first kappa shape index (κ1) is 38.9. The average molecular weight is 569 g/mol. The van der Waals surface area contributed by atoms with Gasteiger partial charge in [0.1, 0.15) is 6.61 Å². The fourth-order valence-electron chi connectivity index (χ4n) is 5.20. The molecule has 0 radical (unpaired) electrons. The molecule has 1 atom stereocenters. The summed E-state index contributed by atoms with van der Waals surface area (Å²) < 4.78 is 10.6. The summed E-state index contributed by atoms with van der Waals surface area (Å²) in [6, 6.07) is 0. The van der Waals surface area contributed by atoms with Crippen molar-refractivity contribution in [2.45, 2.75) is 200 Å². The van der Waals surface area contributed by atoms with Crippen LogP contribution in [0.3, 0.4) is 0 Å². The van der Waals surface area contributed by atoms with Crippen LogP contribution in [0.25, 0.3) is 0 Å². The number of carbonyl (C=O) groups excluding carboxylic acids is 2. The Balaban J connectivity index is 3.52. The summed E-state index contributed by atoms with van der Waals surface area (Å²) in [5.41, 5.74) is 0. The summed E-state index contributed by atoms with van der Waals surface area (Å²) in [5.74, 6) is -0.581. The van der Waals surface area contributed by atoms with E-state index in [1.807, 2.05) is 0 Å². The van der Waals surface area contributed by atoms with Crippen LogP contribution in [0.2, 0.25) is 0 Å². The van der Waals surface area contributed by atoms with E-state index in [-0.39, 0.29) is 25.2 Å². The topological polar surface area (TPSA) is 72.8 Å². The van der Waals surface area contributed by atoms with Crippen molar-refractivity contribution in [3.05, 3.63) is 0 Å². The third kappa shape index (κ3) is 29.9. The van der Waals surface area contributed by atoms with Gasteiger partial charge >= 0.3 is 11.9 Å². The summed E-state index contributed by atoms with van der Waals surface area (Å²) in [6.07, 6.45) is 33.0. The smallest absolute Gasteiger partial charge is 0.306 e. The van der Waals surface area contributed by atoms with Gasteiger partial charge in [-0.15, -0.1) is 0 Å². The molecule has 0 heterocycles. The molecule has 0 aromatic heterocycles. The quantitative estimate of drug-likeness (QED) is 0.0645. The SMILES string of the molecule is CCCCCCCCCCCCCCCCCC(=O)OC(CO)COC(=O)CCCCCCCCCCCCC. The molecule has 0 aliphatic rings. The lowest BCUT2D eigenvalue weighted by Crippen LogP contribution is -2.28. The van der Waals surface area contributed by atoms with E-state index < -0.39 is 6.10 Å². The highest BCUT2D eigenvalue weighted by Gasteiger charge is 2.16. The van der Waals surface area contributed by atoms with Crippen molar-refractivity contribution >= 4 is 11.9 Å². The van der Waals surface area contributed by atoms with Crippen LogP contribution in [0.15, 0.2) is 0 Å². The lowest BCUT2D eigenvalue weighted by Gasteiger charge is -2.15. The second-order valence-corrected chi connectivity index (χ2v) is 12.0. The fraction of sp³-hybridized carbons (Fsp3) is 0.943. The molecule has 0 fully saturated rings. The number of aliphatic hydroxyl groups excluding tert-OH is 1. The maximum absolute atomic E-state index is 12.1. The molecule has 0 bridgehead atoms. The summed E-state index contributed by atoms with van der Waals surface area (Å²) in [7, 11) is 0. The first-order valence-corrected chi connectivity index (χ1v) is 17.6. The molecule has 0 spiro atoms. The number of aliphatic hydroxyl groups is 1. The number of hydrogen-bond acceptors (Lipinski definition) is 5. The van der Waals surface area contributed by atoms with Gasteiger partial charge in [0, 0.05) is 12.8 Å². The predicted molar refractivity (Wildman–Crippen MR) is 169 cm³/mol. The minimum absolute atomic E-state index is 0.0576. The fourth-order valence-corrected chi connectivity index (χ4v) is 5.20. The van der Waals surface area contributed by atoms with Gasteiger partial charge in [0.2, 0.25) is 0 Å². The van der Waals surface area contributed by atoms with Crippen molar-refractivity contribution in [3.63, 3.8) is 0 Å². The molecule has 0 aliphatic carbocycles. The number of ether oxygens (including phenoxy) is 2. The monoisotopic (exact) mass is 569 g/mol. The Bertz CT molecular complexity index is 536. The molecule has 40 heavy (non-hydrogen) atoms. The molecule has 0 saturated carbocycles. The first-order valence-electron chi connectivity index (χ1n) is 17.6. The zero-order chi connectivity index (χ0) is 29.4. The van der Waals surface area contributed by atoms with Crippen LogP contribution in [0, 0.1) is 0 Å². The summed E-state index contributed by atoms with van der Waals surface area (Å²) in [5, 5.41) is 9.50. The molecular formula is C35H68O5. The molecule has 0 amide bonds. The molecule has 1 unspecified atom stereocenters. The summed E-state index contributed by atoms with van der Waals surface area (Å²) >= 11 is 0. The van der Waals surface area contributed by atoms with E-state index in [0.29, 0.717) is 12.8 Å². The number of carbonyl (C=O) groups is 2. The second-order valence-electron chi connectivity index (χ2n) is 12.0. The molecule has 0 rings (SSSR count). The Morgan fingerprint density at radius 3 is 1.10 bits per heavy atom. The van der Waals surface area contributed by atoms with Gasteiger partial charge < -0.3 is 14.6 Å². The van der Waals surface area contributed by atoms with E-state index in [1.54, 1.807) is 0 Å². The molecule has 238 valence electrons. The van der Waals surface area contributed by atoms with E-state index in [0.717, 1.165) is 32.1 Å². The zero-order valence-electron chi connectivity index (χ0n) is 26.9. The van der Waals surface area contributed by atoms with Crippen molar-refractivity contribution in [3.8, 4) is 0 Å². The van der Waals surface area contributed by atoms with Gasteiger partial charge in [-0.1, -0.05) is 168 Å². The van der Waals surface area contributed by atoms with Crippen LogP contribution >= 0.6 is 0 Å². The number of esters is 2. The van der Waals surface area contributed by atoms with Crippen LogP contribution in [-0.4, -0.2) is 36.4 Å². The third-order valence-corrected chi connectivity index (χ3v) is 7.90. The third-order valence-electron chi connectivity index (χ3n) is 7.90. The Labute approximate surface area is 248 Å². The van der Waals surface area contributed by atoms with E-state index in [4.69, 9.17) is 9.47 Å². The highest BCUT2D eigenvalue weighted by atomic mass is 16.6. The maximum Gasteiger partial charge on any atom is 0.306 e. The van der Waals surface area contributed by atoms with Crippen LogP contribution in [0.4, 0.5) is 0 Å². The first-order chi connectivity index (χ1) is 19.6. The lowest BCUT2D eigenvalue weighted by atomic mass is 10.0. The number of unbranched alkanes of at least 4 members (excludes halogenated alkanes) is 24. The van der Waals surface area contributed by atoms with Crippen LogP contribution in [0.5, 0.6) is 0 Å². The van der Waals surface area contributed by atoms with Gasteiger partial charge in [-0.2, -0.15) is 0 Å². The summed E-state index contributed by atoms with van der Waals surface area (Å²) in [6.45, 7) is 4.14. The molecular weight excluding hydrogens is 500 g/mol. The largest absolute Gasteiger partial charge is 0.462 e. The van der Waals surface area contributed by atoms with Crippen molar-refractivity contribution in [2.24, 2.45) is 0 Å². The maximum atomic E-state index is 12.1. The van der Waals surface area contributed by atoms with E-state index in [2.05, 4.69) is 13.8 Å². The van der Waals surface area contributed by atoms with E-state index >= 15 is 0 Å². The molecule has 0 aromatic rings. The predicted octanol–water partition coefficient (Wildman–Crippen LogP) is 10.4. The molecule has 0 saturated heterocycles. The van der Waals surface area contributed by atoms with Crippen molar-refractivity contribution in [1.82, 2.24) is 0 Å². The Morgan fingerprint density at radius 2 is 0.775 bits per heavy atom. The molecule has 5 nitrogen and oxygen atoms in total. The van der Waals surface area contributed by atoms with Gasteiger partial charge in [-0.3, -0.25) is 9.59 Å². The van der Waals surface area contributed by atoms with E-state index in [1.165, 1.54) is 135 Å². The Kier molecular flexibility index (Phi) is 31.5. The zero-order valence-corrected chi connectivity index (χ0v) is 26.9. The number of hydrogen-bond donors (Lipinski definition) is 1. The van der Waals surface area contributed by atoms with Gasteiger partial charge in [0.15, 0.2) is 6.10 Å². The highest BCUT2D eigenvalue weighted by molar-refractivity contribution is 5.70. The van der Waals surface area contributed by atoms with E-state index in [9.17, 15) is 14.7 Å². The van der Waals surface area contributed by atoms with Crippen molar-refractivity contribution in [2.75, 3.05) is 13.2 Å². The van der Waals surface area contributed by atoms with Crippen LogP contribution in [0.1, 0.15) is 194 Å². The van der Waals surface area contributed by atoms with Gasteiger partial charge in [-0.25, -0.2) is 0 Å².